The second-order valence-electron chi connectivity index (χ2n) is 3.42. The summed E-state index contributed by atoms with van der Waals surface area (Å²) in [5.74, 6) is 0.452. The van der Waals surface area contributed by atoms with Gasteiger partial charge in [0, 0.05) is 0 Å². The van der Waals surface area contributed by atoms with Crippen molar-refractivity contribution < 1.29 is 17.1 Å². The van der Waals surface area contributed by atoms with Gasteiger partial charge in [-0.3, -0.25) is 0 Å². The maximum atomic E-state index is 10.9. The smallest absolute Gasteiger partial charge is 0.306 e. The highest BCUT2D eigenvalue weighted by Crippen LogP contribution is 2.27. The first-order chi connectivity index (χ1) is 7.96. The number of anilines is 1. The molecule has 0 aliphatic carbocycles. The zero-order valence-electron chi connectivity index (χ0n) is 8.95. The van der Waals surface area contributed by atoms with Crippen LogP contribution in [0.4, 0.5) is 5.88 Å². The van der Waals surface area contributed by atoms with Crippen LogP contribution in [0.15, 0.2) is 35.0 Å². The molecule has 2 aromatic rings. The first kappa shape index (κ1) is 11.5. The van der Waals surface area contributed by atoms with E-state index in [0.29, 0.717) is 5.56 Å². The zero-order chi connectivity index (χ0) is 12.5. The summed E-state index contributed by atoms with van der Waals surface area (Å²) in [5, 5.41) is 3.55. The van der Waals surface area contributed by atoms with Crippen molar-refractivity contribution in [2.24, 2.45) is 0 Å². The number of nitrogens with zero attached hydrogens (tertiary/aromatic N) is 1. The molecular weight excluding hydrogens is 244 g/mol. The van der Waals surface area contributed by atoms with E-state index in [2.05, 4.69) is 5.16 Å². The molecule has 90 valence electrons. The maximum absolute atomic E-state index is 10.9. The Morgan fingerprint density at radius 2 is 1.94 bits per heavy atom. The van der Waals surface area contributed by atoms with Crippen molar-refractivity contribution in [2.75, 3.05) is 12.0 Å². The number of rotatable bonds is 3. The number of nitrogen functional groups attached to an aromatic ring is 1. The minimum atomic E-state index is -3.51. The Labute approximate surface area is 98.1 Å². The molecule has 0 radical (unpaired) electrons. The second-order valence-corrected chi connectivity index (χ2v) is 4.99. The van der Waals surface area contributed by atoms with Gasteiger partial charge >= 0.3 is 10.1 Å². The molecule has 0 fully saturated rings. The molecule has 0 amide bonds. The topological polar surface area (TPSA) is 95.4 Å². The van der Waals surface area contributed by atoms with E-state index in [1.54, 1.807) is 12.1 Å². The van der Waals surface area contributed by atoms with Gasteiger partial charge in [-0.1, -0.05) is 17.3 Å². The Bertz CT molecular complexity index is 616. The van der Waals surface area contributed by atoms with Gasteiger partial charge in [-0.15, -0.1) is 0 Å². The van der Waals surface area contributed by atoms with Crippen molar-refractivity contribution in [3.63, 3.8) is 0 Å². The predicted molar refractivity (Wildman–Crippen MR) is 61.8 cm³/mol. The third-order valence-corrected chi connectivity index (χ3v) is 2.51. The van der Waals surface area contributed by atoms with E-state index < -0.39 is 10.1 Å². The van der Waals surface area contributed by atoms with Crippen LogP contribution in [0.1, 0.15) is 0 Å². The first-order valence-corrected chi connectivity index (χ1v) is 6.47. The van der Waals surface area contributed by atoms with E-state index >= 15 is 0 Å². The van der Waals surface area contributed by atoms with Crippen LogP contribution < -0.4 is 9.92 Å². The minimum absolute atomic E-state index is 0.210. The largest absolute Gasteiger partial charge is 0.383 e. The summed E-state index contributed by atoms with van der Waals surface area (Å²) >= 11 is 0. The van der Waals surface area contributed by atoms with E-state index in [0.717, 1.165) is 11.8 Å². The number of aromatic nitrogens is 1. The van der Waals surface area contributed by atoms with E-state index in [-0.39, 0.29) is 11.6 Å². The number of nitrogens with two attached hydrogens (primary N) is 1. The molecule has 1 aromatic heterocycles. The fourth-order valence-electron chi connectivity index (χ4n) is 1.33. The third-order valence-electron chi connectivity index (χ3n) is 2.01. The van der Waals surface area contributed by atoms with Gasteiger partial charge in [-0.25, -0.2) is 0 Å². The Kier molecular flexibility index (Phi) is 2.76. The van der Waals surface area contributed by atoms with Gasteiger partial charge in [-0.2, -0.15) is 8.42 Å². The van der Waals surface area contributed by atoms with E-state index in [4.69, 9.17) is 14.4 Å². The van der Waals surface area contributed by atoms with Gasteiger partial charge in [0.25, 0.3) is 0 Å². The SMILES string of the molecule is CS(=O)(=O)Oc1ccc(-c2cnoc2N)cc1. The standard InChI is InChI=1S/C10H10N2O4S/c1-17(13,14)16-8-4-2-7(3-5-8)9-6-12-15-10(9)11/h2-6H,11H2,1H3. The van der Waals surface area contributed by atoms with Gasteiger partial charge in [0.15, 0.2) is 0 Å². The lowest BCUT2D eigenvalue weighted by molar-refractivity contribution is 0.436. The minimum Gasteiger partial charge on any atom is -0.383 e. The molecule has 0 saturated carbocycles. The predicted octanol–water partition coefficient (Wildman–Crippen LogP) is 1.26. The molecule has 0 bridgehead atoms. The summed E-state index contributed by atoms with van der Waals surface area (Å²) < 4.78 is 31.2. The van der Waals surface area contributed by atoms with E-state index in [1.165, 1.54) is 18.3 Å². The molecule has 2 rings (SSSR count). The van der Waals surface area contributed by atoms with Crippen LogP contribution in [0.5, 0.6) is 5.75 Å². The molecule has 7 heteroatoms. The highest BCUT2D eigenvalue weighted by Gasteiger charge is 2.08. The van der Waals surface area contributed by atoms with Crippen LogP contribution in [0.2, 0.25) is 0 Å². The number of benzene rings is 1. The van der Waals surface area contributed by atoms with Gasteiger partial charge < -0.3 is 14.4 Å². The van der Waals surface area contributed by atoms with E-state index in [9.17, 15) is 8.42 Å². The second kappa shape index (κ2) is 4.10. The van der Waals surface area contributed by atoms with Crippen LogP contribution in [0.3, 0.4) is 0 Å². The lowest BCUT2D eigenvalue weighted by Crippen LogP contribution is -2.05. The quantitative estimate of drug-likeness (QED) is 0.828. The summed E-state index contributed by atoms with van der Waals surface area (Å²) in [7, 11) is -3.51. The molecule has 1 aromatic carbocycles. The Morgan fingerprint density at radius 1 is 1.29 bits per heavy atom. The molecule has 0 spiro atoms. The van der Waals surface area contributed by atoms with Crippen molar-refractivity contribution in [1.29, 1.82) is 0 Å². The summed E-state index contributed by atoms with van der Waals surface area (Å²) in [5.41, 5.74) is 6.97. The highest BCUT2D eigenvalue weighted by atomic mass is 32.2. The lowest BCUT2D eigenvalue weighted by atomic mass is 10.1. The Morgan fingerprint density at radius 3 is 2.41 bits per heavy atom. The normalized spacial score (nSPS) is 11.4. The van der Waals surface area contributed by atoms with Crippen LogP contribution in [0.25, 0.3) is 11.1 Å². The van der Waals surface area contributed by atoms with Crippen molar-refractivity contribution in [3.05, 3.63) is 30.5 Å². The summed E-state index contributed by atoms with van der Waals surface area (Å²) in [4.78, 5) is 0. The van der Waals surface area contributed by atoms with Gasteiger partial charge in [0.05, 0.1) is 18.0 Å². The van der Waals surface area contributed by atoms with Crippen LogP contribution >= 0.6 is 0 Å². The van der Waals surface area contributed by atoms with Gasteiger partial charge in [0.1, 0.15) is 5.75 Å². The summed E-state index contributed by atoms with van der Waals surface area (Å²) in [6, 6.07) is 6.40. The fourth-order valence-corrected chi connectivity index (χ4v) is 1.79. The maximum Gasteiger partial charge on any atom is 0.306 e. The third kappa shape index (κ3) is 2.76. The molecule has 0 atom stereocenters. The van der Waals surface area contributed by atoms with Crippen molar-refractivity contribution >= 4 is 16.0 Å². The molecule has 6 nitrogen and oxygen atoms in total. The zero-order valence-corrected chi connectivity index (χ0v) is 9.77. The lowest BCUT2D eigenvalue weighted by Gasteiger charge is -2.03. The van der Waals surface area contributed by atoms with Crippen molar-refractivity contribution in [3.8, 4) is 16.9 Å². The van der Waals surface area contributed by atoms with Crippen molar-refractivity contribution in [1.82, 2.24) is 5.16 Å². The first-order valence-electron chi connectivity index (χ1n) is 4.66. The van der Waals surface area contributed by atoms with Crippen molar-refractivity contribution in [2.45, 2.75) is 0 Å². The molecular formula is C10H10N2O4S. The average Bonchev–Trinajstić information content (AvgIpc) is 2.63. The molecule has 2 N–H and O–H groups in total. The molecule has 0 unspecified atom stereocenters. The molecule has 0 aliphatic heterocycles. The highest BCUT2D eigenvalue weighted by molar-refractivity contribution is 7.86. The molecule has 17 heavy (non-hydrogen) atoms. The molecule has 1 heterocycles. The van der Waals surface area contributed by atoms with Gasteiger partial charge in [0.2, 0.25) is 5.88 Å². The van der Waals surface area contributed by atoms with Crippen LogP contribution in [-0.4, -0.2) is 19.8 Å². The summed E-state index contributed by atoms with van der Waals surface area (Å²) in [6.45, 7) is 0. The van der Waals surface area contributed by atoms with Crippen LogP contribution in [-0.2, 0) is 10.1 Å². The Hall–Kier alpha value is -2.02. The Balaban J connectivity index is 2.28. The molecule has 0 saturated heterocycles. The summed E-state index contributed by atoms with van der Waals surface area (Å²) in [6.07, 6.45) is 2.47. The monoisotopic (exact) mass is 254 g/mol. The number of hydrogen-bond donors (Lipinski definition) is 1. The number of hydrogen-bond acceptors (Lipinski definition) is 6. The van der Waals surface area contributed by atoms with Crippen LogP contribution in [0, 0.1) is 0 Å². The van der Waals surface area contributed by atoms with Gasteiger partial charge in [-0.05, 0) is 17.7 Å². The fraction of sp³-hybridized carbons (Fsp3) is 0.100. The molecule has 0 aliphatic rings. The average molecular weight is 254 g/mol. The van der Waals surface area contributed by atoms with E-state index in [1.807, 2.05) is 0 Å².